The van der Waals surface area contributed by atoms with Gasteiger partial charge in [-0.3, -0.25) is 0 Å². The highest BCUT2D eigenvalue weighted by molar-refractivity contribution is 6.27. The van der Waals surface area contributed by atoms with E-state index in [1.54, 1.807) is 24.3 Å². The summed E-state index contributed by atoms with van der Waals surface area (Å²) in [7, 11) is 0. The quantitative estimate of drug-likeness (QED) is 0.0522. The fourth-order valence-corrected chi connectivity index (χ4v) is 9.39. The molecular weight excluding hydrogens is 761 g/mol. The standard InChI is InChI=1S/C58H58O4/c1-5-9-21-39(7-3)35-41-31-33-49-51(37-41)53(45-27-17-19-29-47(45)55(49)61-57(59)43-23-13-11-14-24-43)54-46-28-18-20-30-48(46)56(62-58(60)44-25-15-12-16-26-44)50-34-32-42(38-52(50)54)36-40(8-4)22-10-6-2/h11-20,23-34,37-40H,5-10,21-22,35-36H2,1-4H3. The van der Waals surface area contributed by atoms with Crippen LogP contribution in [0.15, 0.2) is 146 Å². The highest BCUT2D eigenvalue weighted by Crippen LogP contribution is 2.50. The molecule has 314 valence electrons. The zero-order valence-electron chi connectivity index (χ0n) is 36.7. The average molecular weight is 819 g/mol. The Kier molecular flexibility index (Phi) is 13.4. The first-order valence-electron chi connectivity index (χ1n) is 22.9. The second-order valence-electron chi connectivity index (χ2n) is 17.0. The van der Waals surface area contributed by atoms with Crippen LogP contribution in [0.2, 0.25) is 0 Å². The highest BCUT2D eigenvalue weighted by Gasteiger charge is 2.26. The van der Waals surface area contributed by atoms with E-state index in [-0.39, 0.29) is 0 Å². The van der Waals surface area contributed by atoms with E-state index in [1.165, 1.54) is 49.7 Å². The number of unbranched alkanes of at least 4 members (excludes halogenated alkanes) is 2. The summed E-state index contributed by atoms with van der Waals surface area (Å²) in [5, 5.41) is 7.53. The third-order valence-corrected chi connectivity index (χ3v) is 12.9. The molecule has 0 bridgehead atoms. The number of esters is 2. The molecular formula is C58H58O4. The Morgan fingerprint density at radius 1 is 0.419 bits per heavy atom. The fraction of sp³-hybridized carbons (Fsp3) is 0.276. The Morgan fingerprint density at radius 3 is 1.15 bits per heavy atom. The number of fused-ring (bicyclic) bond motifs is 4. The zero-order valence-corrected chi connectivity index (χ0v) is 36.7. The van der Waals surface area contributed by atoms with Crippen molar-refractivity contribution in [1.29, 1.82) is 0 Å². The zero-order chi connectivity index (χ0) is 43.0. The van der Waals surface area contributed by atoms with Crippen molar-refractivity contribution in [3.05, 3.63) is 168 Å². The van der Waals surface area contributed by atoms with Gasteiger partial charge in [-0.15, -0.1) is 0 Å². The van der Waals surface area contributed by atoms with Crippen molar-refractivity contribution < 1.29 is 19.1 Å². The van der Waals surface area contributed by atoms with Gasteiger partial charge in [0.2, 0.25) is 0 Å². The van der Waals surface area contributed by atoms with Gasteiger partial charge in [-0.25, -0.2) is 9.59 Å². The van der Waals surface area contributed by atoms with Gasteiger partial charge in [-0.05, 0) is 92.7 Å². The first kappa shape index (κ1) is 42.4. The molecule has 0 aliphatic rings. The molecule has 0 amide bonds. The molecule has 0 aliphatic carbocycles. The van der Waals surface area contributed by atoms with Gasteiger partial charge in [0, 0.05) is 21.5 Å². The van der Waals surface area contributed by atoms with Crippen LogP contribution in [0.1, 0.15) is 111 Å². The fourth-order valence-electron chi connectivity index (χ4n) is 9.39. The number of rotatable bonds is 17. The Hall–Kier alpha value is -6.26. The molecule has 0 N–H and O–H groups in total. The van der Waals surface area contributed by atoms with Gasteiger partial charge in [0.05, 0.1) is 11.1 Å². The van der Waals surface area contributed by atoms with E-state index < -0.39 is 11.9 Å². The van der Waals surface area contributed by atoms with Crippen LogP contribution in [-0.2, 0) is 12.8 Å². The van der Waals surface area contributed by atoms with Gasteiger partial charge in [0.15, 0.2) is 0 Å². The molecule has 0 fully saturated rings. The van der Waals surface area contributed by atoms with Gasteiger partial charge < -0.3 is 9.47 Å². The number of ether oxygens (including phenoxy) is 2. The largest absolute Gasteiger partial charge is 0.422 e. The first-order chi connectivity index (χ1) is 30.4. The van der Waals surface area contributed by atoms with Crippen LogP contribution in [-0.4, -0.2) is 11.9 Å². The van der Waals surface area contributed by atoms with E-state index in [0.717, 1.165) is 79.9 Å². The third-order valence-electron chi connectivity index (χ3n) is 12.9. The molecule has 0 aliphatic heterocycles. The molecule has 0 saturated carbocycles. The van der Waals surface area contributed by atoms with Crippen LogP contribution in [0.5, 0.6) is 11.5 Å². The second-order valence-corrected chi connectivity index (χ2v) is 17.0. The van der Waals surface area contributed by atoms with E-state index in [2.05, 4.69) is 100 Å². The van der Waals surface area contributed by atoms with E-state index in [4.69, 9.17) is 9.47 Å². The van der Waals surface area contributed by atoms with E-state index in [9.17, 15) is 9.59 Å². The molecule has 0 heterocycles. The molecule has 8 aromatic rings. The first-order valence-corrected chi connectivity index (χ1v) is 22.9. The summed E-state index contributed by atoms with van der Waals surface area (Å²) < 4.78 is 13.0. The van der Waals surface area contributed by atoms with Gasteiger partial charge in [0.25, 0.3) is 0 Å². The number of hydrogen-bond donors (Lipinski definition) is 0. The Labute approximate surface area is 366 Å². The monoisotopic (exact) mass is 818 g/mol. The molecule has 0 spiro atoms. The maximum absolute atomic E-state index is 13.9. The van der Waals surface area contributed by atoms with E-state index in [0.29, 0.717) is 34.5 Å². The van der Waals surface area contributed by atoms with Crippen molar-refractivity contribution in [3.8, 4) is 22.6 Å². The van der Waals surface area contributed by atoms with Crippen molar-refractivity contribution in [2.45, 2.75) is 91.9 Å². The molecule has 0 saturated heterocycles. The van der Waals surface area contributed by atoms with Gasteiger partial charge in [-0.1, -0.05) is 200 Å². The summed E-state index contributed by atoms with van der Waals surface area (Å²) in [6, 6.07) is 48.7. The molecule has 62 heavy (non-hydrogen) atoms. The summed E-state index contributed by atoms with van der Waals surface area (Å²) in [5.74, 6) is 1.46. The Balaban J connectivity index is 1.45. The normalized spacial score (nSPS) is 12.5. The predicted octanol–water partition coefficient (Wildman–Crippen LogP) is 15.9. The highest BCUT2D eigenvalue weighted by atomic mass is 16.5. The molecule has 2 atom stereocenters. The summed E-state index contributed by atoms with van der Waals surface area (Å²) in [6.07, 6.45) is 11.3. The molecule has 0 radical (unpaired) electrons. The van der Waals surface area contributed by atoms with Gasteiger partial charge >= 0.3 is 11.9 Å². The Bertz CT molecular complexity index is 2640. The lowest BCUT2D eigenvalue weighted by atomic mass is 9.83. The number of carbonyl (C=O) groups excluding carboxylic acids is 2. The number of benzene rings is 8. The maximum atomic E-state index is 13.9. The van der Waals surface area contributed by atoms with Crippen LogP contribution >= 0.6 is 0 Å². The van der Waals surface area contributed by atoms with Crippen molar-refractivity contribution >= 4 is 55.0 Å². The summed E-state index contributed by atoms with van der Waals surface area (Å²) in [5.41, 5.74) is 5.69. The number of carbonyl (C=O) groups is 2. The lowest BCUT2D eigenvalue weighted by molar-refractivity contribution is 0.0730. The van der Waals surface area contributed by atoms with Crippen LogP contribution < -0.4 is 9.47 Å². The maximum Gasteiger partial charge on any atom is 0.343 e. The SMILES string of the molecule is CCCCC(CC)Cc1ccc2c(OC(=O)c3ccccc3)c3ccccc3c(-c3c4ccccc4c(OC(=O)c4ccccc4)c4ccc(CC(CC)CCCC)cc34)c2c1. The van der Waals surface area contributed by atoms with E-state index >= 15 is 0 Å². The van der Waals surface area contributed by atoms with Crippen LogP contribution in [0.4, 0.5) is 0 Å². The summed E-state index contributed by atoms with van der Waals surface area (Å²) in [6.45, 7) is 9.13. The van der Waals surface area contributed by atoms with Crippen molar-refractivity contribution in [3.63, 3.8) is 0 Å². The lowest BCUT2D eigenvalue weighted by Crippen LogP contribution is -2.10. The van der Waals surface area contributed by atoms with Crippen LogP contribution in [0, 0.1) is 11.8 Å². The van der Waals surface area contributed by atoms with Crippen molar-refractivity contribution in [2.75, 3.05) is 0 Å². The smallest absolute Gasteiger partial charge is 0.343 e. The van der Waals surface area contributed by atoms with Crippen LogP contribution in [0.25, 0.3) is 54.2 Å². The van der Waals surface area contributed by atoms with Crippen LogP contribution in [0.3, 0.4) is 0 Å². The molecule has 2 unspecified atom stereocenters. The Morgan fingerprint density at radius 2 is 0.774 bits per heavy atom. The van der Waals surface area contributed by atoms with E-state index in [1.807, 2.05) is 48.5 Å². The minimum Gasteiger partial charge on any atom is -0.422 e. The minimum atomic E-state index is -0.391. The average Bonchev–Trinajstić information content (AvgIpc) is 3.32. The summed E-state index contributed by atoms with van der Waals surface area (Å²) in [4.78, 5) is 27.9. The molecule has 4 heteroatoms. The number of hydrogen-bond acceptors (Lipinski definition) is 4. The molecule has 8 aromatic carbocycles. The molecule has 8 rings (SSSR count). The van der Waals surface area contributed by atoms with Gasteiger partial charge in [-0.2, -0.15) is 0 Å². The molecule has 0 aromatic heterocycles. The minimum absolute atomic E-state index is 0.391. The predicted molar refractivity (Wildman–Crippen MR) is 259 cm³/mol. The second kappa shape index (κ2) is 19.6. The summed E-state index contributed by atoms with van der Waals surface area (Å²) >= 11 is 0. The van der Waals surface area contributed by atoms with Gasteiger partial charge in [0.1, 0.15) is 11.5 Å². The topological polar surface area (TPSA) is 52.6 Å². The lowest BCUT2D eigenvalue weighted by Gasteiger charge is -2.23. The molecule has 4 nitrogen and oxygen atoms in total. The van der Waals surface area contributed by atoms with Crippen molar-refractivity contribution in [2.24, 2.45) is 11.8 Å². The third kappa shape index (κ3) is 8.88. The van der Waals surface area contributed by atoms with Crippen molar-refractivity contribution in [1.82, 2.24) is 0 Å².